The molecule has 0 fully saturated rings. The lowest BCUT2D eigenvalue weighted by Crippen LogP contribution is -1.93. The van der Waals surface area contributed by atoms with Gasteiger partial charge < -0.3 is 4.74 Å². The van der Waals surface area contributed by atoms with Crippen LogP contribution in [0.1, 0.15) is 17.5 Å². The highest BCUT2D eigenvalue weighted by Gasteiger charge is 2.02. The van der Waals surface area contributed by atoms with E-state index in [0.29, 0.717) is 0 Å². The molecule has 0 bridgehead atoms. The fourth-order valence-corrected chi connectivity index (χ4v) is 1.63. The average molecular weight is 255 g/mol. The fourth-order valence-electron chi connectivity index (χ4n) is 1.35. The second-order valence-corrected chi connectivity index (χ2v) is 3.86. The number of ether oxygens (including phenoxy) is 1. The summed E-state index contributed by atoms with van der Waals surface area (Å²) in [6, 6.07) is 6.20. The first-order chi connectivity index (χ1) is 6.81. The number of aryl methyl sites for hydroxylation is 1. The molecule has 0 N–H and O–H groups in total. The SMILES string of the molecule is C=Cc1ccc(CCCBr)c(OC)c1. The first kappa shape index (κ1) is 11.3. The minimum atomic E-state index is 0.961. The Balaban J connectivity index is 2.87. The molecule has 1 nitrogen and oxygen atoms in total. The van der Waals surface area contributed by atoms with Gasteiger partial charge in [-0.2, -0.15) is 0 Å². The van der Waals surface area contributed by atoms with Gasteiger partial charge in [0.2, 0.25) is 0 Å². The van der Waals surface area contributed by atoms with Crippen LogP contribution in [0, 0.1) is 0 Å². The van der Waals surface area contributed by atoms with Gasteiger partial charge in [-0.15, -0.1) is 0 Å². The predicted molar refractivity (Wildman–Crippen MR) is 65.2 cm³/mol. The highest BCUT2D eigenvalue weighted by atomic mass is 79.9. The Labute approximate surface area is 93.9 Å². The van der Waals surface area contributed by atoms with Crippen LogP contribution in [0.4, 0.5) is 0 Å². The lowest BCUT2D eigenvalue weighted by atomic mass is 10.1. The molecule has 0 aromatic heterocycles. The van der Waals surface area contributed by atoms with Gasteiger partial charge in [0.15, 0.2) is 0 Å². The maximum Gasteiger partial charge on any atom is 0.122 e. The third-order valence-electron chi connectivity index (χ3n) is 2.13. The average Bonchev–Trinajstić information content (AvgIpc) is 2.26. The van der Waals surface area contributed by atoms with Crippen molar-refractivity contribution in [1.29, 1.82) is 0 Å². The maximum absolute atomic E-state index is 5.32. The van der Waals surface area contributed by atoms with Crippen LogP contribution in [0.2, 0.25) is 0 Å². The third kappa shape index (κ3) is 2.88. The standard InChI is InChI=1S/C12H15BrO/c1-3-10-6-7-11(5-4-8-13)12(9-10)14-2/h3,6-7,9H,1,4-5,8H2,2H3. The van der Waals surface area contributed by atoms with Crippen molar-refractivity contribution in [3.8, 4) is 5.75 Å². The molecule has 0 spiro atoms. The van der Waals surface area contributed by atoms with Crippen LogP contribution in [0.5, 0.6) is 5.75 Å². The third-order valence-corrected chi connectivity index (χ3v) is 2.69. The predicted octanol–water partition coefficient (Wildman–Crippen LogP) is 3.67. The quantitative estimate of drug-likeness (QED) is 0.729. The van der Waals surface area contributed by atoms with Crippen LogP contribution in [0.25, 0.3) is 6.08 Å². The fraction of sp³-hybridized carbons (Fsp3) is 0.333. The van der Waals surface area contributed by atoms with Gasteiger partial charge in [-0.3, -0.25) is 0 Å². The smallest absolute Gasteiger partial charge is 0.122 e. The highest BCUT2D eigenvalue weighted by Crippen LogP contribution is 2.22. The van der Waals surface area contributed by atoms with E-state index in [-0.39, 0.29) is 0 Å². The lowest BCUT2D eigenvalue weighted by Gasteiger charge is -2.08. The van der Waals surface area contributed by atoms with Crippen molar-refractivity contribution in [3.05, 3.63) is 35.9 Å². The van der Waals surface area contributed by atoms with Crippen LogP contribution < -0.4 is 4.74 Å². The first-order valence-corrected chi connectivity index (χ1v) is 5.79. The number of alkyl halides is 1. The van der Waals surface area contributed by atoms with E-state index in [1.165, 1.54) is 5.56 Å². The Bertz CT molecular complexity index is 307. The van der Waals surface area contributed by atoms with Crippen molar-refractivity contribution >= 4 is 22.0 Å². The Morgan fingerprint density at radius 1 is 1.50 bits per heavy atom. The summed E-state index contributed by atoms with van der Waals surface area (Å²) >= 11 is 3.42. The van der Waals surface area contributed by atoms with Crippen LogP contribution in [0.15, 0.2) is 24.8 Å². The molecule has 2 heteroatoms. The zero-order chi connectivity index (χ0) is 10.4. The van der Waals surface area contributed by atoms with E-state index in [1.807, 2.05) is 12.1 Å². The highest BCUT2D eigenvalue weighted by molar-refractivity contribution is 9.09. The molecule has 0 atom stereocenters. The summed E-state index contributed by atoms with van der Waals surface area (Å²) < 4.78 is 5.32. The number of halogens is 1. The molecule has 0 unspecified atom stereocenters. The van der Waals surface area contributed by atoms with E-state index in [2.05, 4.69) is 34.6 Å². The maximum atomic E-state index is 5.32. The summed E-state index contributed by atoms with van der Waals surface area (Å²) in [4.78, 5) is 0. The van der Waals surface area contributed by atoms with E-state index < -0.39 is 0 Å². The van der Waals surface area contributed by atoms with E-state index in [1.54, 1.807) is 7.11 Å². The van der Waals surface area contributed by atoms with Crippen LogP contribution in [0.3, 0.4) is 0 Å². The van der Waals surface area contributed by atoms with Crippen molar-refractivity contribution in [2.24, 2.45) is 0 Å². The minimum Gasteiger partial charge on any atom is -0.496 e. The lowest BCUT2D eigenvalue weighted by molar-refractivity contribution is 0.409. The second kappa shape index (κ2) is 5.86. The van der Waals surface area contributed by atoms with Gasteiger partial charge in [0, 0.05) is 5.33 Å². The Morgan fingerprint density at radius 2 is 2.29 bits per heavy atom. The molecule has 0 aliphatic heterocycles. The molecule has 0 radical (unpaired) electrons. The zero-order valence-electron chi connectivity index (χ0n) is 8.42. The molecular weight excluding hydrogens is 240 g/mol. The second-order valence-electron chi connectivity index (χ2n) is 3.07. The van der Waals surface area contributed by atoms with Gasteiger partial charge in [0.1, 0.15) is 5.75 Å². The molecule has 0 amide bonds. The zero-order valence-corrected chi connectivity index (χ0v) is 10.0. The van der Waals surface area contributed by atoms with Gasteiger partial charge in [0.25, 0.3) is 0 Å². The van der Waals surface area contributed by atoms with Crippen molar-refractivity contribution in [1.82, 2.24) is 0 Å². The van der Waals surface area contributed by atoms with Gasteiger partial charge in [-0.05, 0) is 30.0 Å². The summed E-state index contributed by atoms with van der Waals surface area (Å²) in [5.41, 5.74) is 2.36. The molecule has 1 aromatic rings. The molecule has 0 heterocycles. The van der Waals surface area contributed by atoms with E-state index in [0.717, 1.165) is 29.5 Å². The molecule has 14 heavy (non-hydrogen) atoms. The van der Waals surface area contributed by atoms with E-state index in [9.17, 15) is 0 Å². The summed E-state index contributed by atoms with van der Waals surface area (Å²) in [5, 5.41) is 1.03. The number of hydrogen-bond acceptors (Lipinski definition) is 1. The van der Waals surface area contributed by atoms with Gasteiger partial charge in [-0.1, -0.05) is 40.7 Å². The molecule has 1 rings (SSSR count). The normalized spacial score (nSPS) is 9.86. The van der Waals surface area contributed by atoms with E-state index in [4.69, 9.17) is 4.74 Å². The Kier molecular flexibility index (Phi) is 4.74. The molecule has 0 saturated heterocycles. The number of benzene rings is 1. The van der Waals surface area contributed by atoms with Crippen LogP contribution >= 0.6 is 15.9 Å². The molecular formula is C12H15BrO. The number of methoxy groups -OCH3 is 1. The molecule has 76 valence electrons. The van der Waals surface area contributed by atoms with Crippen LogP contribution in [-0.4, -0.2) is 12.4 Å². The van der Waals surface area contributed by atoms with Crippen molar-refractivity contribution in [3.63, 3.8) is 0 Å². The van der Waals surface area contributed by atoms with Crippen LogP contribution in [-0.2, 0) is 6.42 Å². The van der Waals surface area contributed by atoms with Gasteiger partial charge >= 0.3 is 0 Å². The van der Waals surface area contributed by atoms with Gasteiger partial charge in [-0.25, -0.2) is 0 Å². The molecule has 0 saturated carbocycles. The molecule has 1 aromatic carbocycles. The number of hydrogen-bond donors (Lipinski definition) is 0. The molecule has 0 aliphatic rings. The first-order valence-electron chi connectivity index (χ1n) is 4.67. The Hall–Kier alpha value is -0.760. The van der Waals surface area contributed by atoms with Crippen molar-refractivity contribution < 1.29 is 4.74 Å². The molecule has 0 aliphatic carbocycles. The van der Waals surface area contributed by atoms with Crippen molar-refractivity contribution in [2.75, 3.05) is 12.4 Å². The Morgan fingerprint density at radius 3 is 2.86 bits per heavy atom. The summed E-state index contributed by atoms with van der Waals surface area (Å²) in [5.74, 6) is 0.961. The summed E-state index contributed by atoms with van der Waals surface area (Å²) in [6.07, 6.45) is 4.01. The van der Waals surface area contributed by atoms with Crippen molar-refractivity contribution in [2.45, 2.75) is 12.8 Å². The van der Waals surface area contributed by atoms with Gasteiger partial charge in [0.05, 0.1) is 7.11 Å². The van der Waals surface area contributed by atoms with E-state index >= 15 is 0 Å². The summed E-state index contributed by atoms with van der Waals surface area (Å²) in [6.45, 7) is 3.74. The number of rotatable bonds is 5. The largest absolute Gasteiger partial charge is 0.496 e. The summed E-state index contributed by atoms with van der Waals surface area (Å²) in [7, 11) is 1.71. The minimum absolute atomic E-state index is 0.961. The monoisotopic (exact) mass is 254 g/mol. The topological polar surface area (TPSA) is 9.23 Å².